The molecule has 1 aromatic carbocycles. The van der Waals surface area contributed by atoms with Crippen molar-refractivity contribution in [2.24, 2.45) is 0 Å². The number of nitrogens with zero attached hydrogens (tertiary/aromatic N) is 3. The molecule has 3 heterocycles. The van der Waals surface area contributed by atoms with Crippen molar-refractivity contribution in [1.82, 2.24) is 24.8 Å². The molecule has 1 aliphatic heterocycles. The molecule has 0 saturated carbocycles. The molecule has 0 atom stereocenters. The molecule has 0 unspecified atom stereocenters. The summed E-state index contributed by atoms with van der Waals surface area (Å²) in [6, 6.07) is 5.95. The highest BCUT2D eigenvalue weighted by Gasteiger charge is 2.18. The molecule has 6 heteroatoms. The monoisotopic (exact) mass is 293 g/mol. The first-order valence-electron chi connectivity index (χ1n) is 7.19. The van der Waals surface area contributed by atoms with Crippen molar-refractivity contribution in [1.29, 1.82) is 0 Å². The molecule has 3 aromatic rings. The van der Waals surface area contributed by atoms with Crippen LogP contribution in [-0.4, -0.2) is 32.0 Å². The molecule has 0 radical (unpaired) electrons. The number of fused-ring (bicyclic) bond motifs is 1. The van der Waals surface area contributed by atoms with Crippen molar-refractivity contribution in [2.75, 3.05) is 6.54 Å². The Morgan fingerprint density at radius 3 is 3.00 bits per heavy atom. The second-order valence-corrected chi connectivity index (χ2v) is 5.34. The Morgan fingerprint density at radius 2 is 2.18 bits per heavy atom. The molecular formula is C16H15N5O. The van der Waals surface area contributed by atoms with Crippen LogP contribution in [0.4, 0.5) is 0 Å². The largest absolute Gasteiger partial charge is 0.352 e. The fraction of sp³-hybridized carbons (Fsp3) is 0.188. The van der Waals surface area contributed by atoms with Gasteiger partial charge in [-0.25, -0.2) is 9.97 Å². The number of aromatic amines is 1. The number of carbonyl (C=O) groups is 1. The second kappa shape index (κ2) is 4.84. The minimum absolute atomic E-state index is 0.0132. The highest BCUT2D eigenvalue weighted by molar-refractivity contribution is 5.97. The summed E-state index contributed by atoms with van der Waals surface area (Å²) in [5.41, 5.74) is 4.51. The molecule has 1 amide bonds. The van der Waals surface area contributed by atoms with Crippen molar-refractivity contribution in [3.63, 3.8) is 0 Å². The standard InChI is InChI=1S/C16H15N5O/c1-10-14(20-9-19-10)15-17-6-7-21(15)12-3-2-11-4-5-18-16(22)13(11)8-12/h2-3,6-9H,4-5H2,1H3,(H,18,22)(H,19,20). The van der Waals surface area contributed by atoms with Crippen LogP contribution < -0.4 is 5.32 Å². The Balaban J connectivity index is 1.84. The summed E-state index contributed by atoms with van der Waals surface area (Å²) < 4.78 is 1.95. The minimum Gasteiger partial charge on any atom is -0.352 e. The molecular weight excluding hydrogens is 278 g/mol. The summed E-state index contributed by atoms with van der Waals surface area (Å²) in [4.78, 5) is 23.8. The Kier molecular flexibility index (Phi) is 2.82. The number of hydrogen-bond acceptors (Lipinski definition) is 3. The van der Waals surface area contributed by atoms with Gasteiger partial charge in [0.2, 0.25) is 0 Å². The first kappa shape index (κ1) is 12.8. The van der Waals surface area contributed by atoms with Crippen molar-refractivity contribution in [3.8, 4) is 17.2 Å². The van der Waals surface area contributed by atoms with E-state index in [9.17, 15) is 4.79 Å². The summed E-state index contributed by atoms with van der Waals surface area (Å²) in [7, 11) is 0. The number of carbonyl (C=O) groups excluding carboxylic acids is 1. The van der Waals surface area contributed by atoms with Gasteiger partial charge in [0.1, 0.15) is 5.69 Å². The van der Waals surface area contributed by atoms with Crippen LogP contribution in [0.5, 0.6) is 0 Å². The van der Waals surface area contributed by atoms with E-state index in [1.807, 2.05) is 35.9 Å². The minimum atomic E-state index is -0.0132. The summed E-state index contributed by atoms with van der Waals surface area (Å²) >= 11 is 0. The number of aryl methyl sites for hydroxylation is 1. The normalized spacial score (nSPS) is 13.8. The van der Waals surface area contributed by atoms with Crippen LogP contribution in [-0.2, 0) is 6.42 Å². The van der Waals surface area contributed by atoms with Crippen LogP contribution in [0.25, 0.3) is 17.2 Å². The molecule has 0 spiro atoms. The SMILES string of the molecule is Cc1[nH]cnc1-c1nccn1-c1ccc2c(c1)C(=O)NCC2. The smallest absolute Gasteiger partial charge is 0.251 e. The summed E-state index contributed by atoms with van der Waals surface area (Å²) in [5, 5.41) is 2.88. The van der Waals surface area contributed by atoms with Gasteiger partial charge in [-0.1, -0.05) is 6.07 Å². The maximum Gasteiger partial charge on any atom is 0.251 e. The average Bonchev–Trinajstić information content (AvgIpc) is 3.15. The van der Waals surface area contributed by atoms with E-state index in [4.69, 9.17) is 0 Å². The maximum absolute atomic E-state index is 12.0. The number of imidazole rings is 2. The van der Waals surface area contributed by atoms with Gasteiger partial charge in [0.25, 0.3) is 5.91 Å². The molecule has 0 saturated heterocycles. The molecule has 0 bridgehead atoms. The second-order valence-electron chi connectivity index (χ2n) is 5.34. The first-order valence-corrected chi connectivity index (χ1v) is 7.19. The Labute approximate surface area is 127 Å². The topological polar surface area (TPSA) is 75.6 Å². The Hall–Kier alpha value is -2.89. The van der Waals surface area contributed by atoms with Gasteiger partial charge in [-0.3, -0.25) is 9.36 Å². The zero-order chi connectivity index (χ0) is 15.1. The summed E-state index contributed by atoms with van der Waals surface area (Å²) in [6.45, 7) is 2.66. The van der Waals surface area contributed by atoms with Crippen molar-refractivity contribution in [3.05, 3.63) is 53.7 Å². The predicted molar refractivity (Wildman–Crippen MR) is 81.9 cm³/mol. The van der Waals surface area contributed by atoms with Gasteiger partial charge in [0.05, 0.1) is 6.33 Å². The average molecular weight is 293 g/mol. The highest BCUT2D eigenvalue weighted by Crippen LogP contribution is 2.24. The number of nitrogens with one attached hydrogen (secondary N) is 2. The van der Waals surface area contributed by atoms with Crippen LogP contribution in [0, 0.1) is 6.92 Å². The van der Waals surface area contributed by atoms with E-state index in [0.29, 0.717) is 6.54 Å². The van der Waals surface area contributed by atoms with Gasteiger partial charge in [0, 0.05) is 35.9 Å². The van der Waals surface area contributed by atoms with Gasteiger partial charge in [-0.15, -0.1) is 0 Å². The van der Waals surface area contributed by atoms with Gasteiger partial charge < -0.3 is 10.3 Å². The lowest BCUT2D eigenvalue weighted by atomic mass is 10.00. The lowest BCUT2D eigenvalue weighted by Crippen LogP contribution is -2.31. The number of amides is 1. The van der Waals surface area contributed by atoms with Crippen LogP contribution >= 0.6 is 0 Å². The van der Waals surface area contributed by atoms with E-state index in [0.717, 1.165) is 40.4 Å². The van der Waals surface area contributed by atoms with Gasteiger partial charge in [0.15, 0.2) is 5.82 Å². The van der Waals surface area contributed by atoms with E-state index in [1.54, 1.807) is 12.5 Å². The quantitative estimate of drug-likeness (QED) is 0.757. The molecule has 2 N–H and O–H groups in total. The van der Waals surface area contributed by atoms with E-state index in [2.05, 4.69) is 20.3 Å². The van der Waals surface area contributed by atoms with Gasteiger partial charge in [-0.2, -0.15) is 0 Å². The Morgan fingerprint density at radius 1 is 1.27 bits per heavy atom. The third-order valence-electron chi connectivity index (χ3n) is 3.98. The van der Waals surface area contributed by atoms with Crippen molar-refractivity contribution >= 4 is 5.91 Å². The number of hydrogen-bond donors (Lipinski definition) is 2. The lowest BCUT2D eigenvalue weighted by Gasteiger charge is -2.17. The third kappa shape index (κ3) is 1.92. The van der Waals surface area contributed by atoms with Gasteiger partial charge in [-0.05, 0) is 31.0 Å². The van der Waals surface area contributed by atoms with E-state index in [-0.39, 0.29) is 5.91 Å². The lowest BCUT2D eigenvalue weighted by molar-refractivity contribution is 0.0946. The maximum atomic E-state index is 12.0. The predicted octanol–water partition coefficient (Wildman–Crippen LogP) is 1.86. The number of benzene rings is 1. The van der Waals surface area contributed by atoms with Gasteiger partial charge >= 0.3 is 0 Å². The van der Waals surface area contributed by atoms with E-state index < -0.39 is 0 Å². The number of H-pyrrole nitrogens is 1. The van der Waals surface area contributed by atoms with E-state index in [1.165, 1.54) is 0 Å². The first-order chi connectivity index (χ1) is 10.7. The third-order valence-corrected chi connectivity index (χ3v) is 3.98. The number of rotatable bonds is 2. The fourth-order valence-corrected chi connectivity index (χ4v) is 2.82. The van der Waals surface area contributed by atoms with Crippen LogP contribution in [0.2, 0.25) is 0 Å². The van der Waals surface area contributed by atoms with Crippen LogP contribution in [0.3, 0.4) is 0 Å². The van der Waals surface area contributed by atoms with Crippen LogP contribution in [0.15, 0.2) is 36.9 Å². The zero-order valence-corrected chi connectivity index (χ0v) is 12.1. The fourth-order valence-electron chi connectivity index (χ4n) is 2.82. The summed E-state index contributed by atoms with van der Waals surface area (Å²) in [6.07, 6.45) is 6.15. The molecule has 0 aliphatic carbocycles. The molecule has 110 valence electrons. The molecule has 6 nitrogen and oxygen atoms in total. The molecule has 2 aromatic heterocycles. The molecule has 1 aliphatic rings. The molecule has 0 fully saturated rings. The highest BCUT2D eigenvalue weighted by atomic mass is 16.1. The van der Waals surface area contributed by atoms with Crippen LogP contribution in [0.1, 0.15) is 21.6 Å². The van der Waals surface area contributed by atoms with Crippen molar-refractivity contribution < 1.29 is 4.79 Å². The van der Waals surface area contributed by atoms with Crippen molar-refractivity contribution in [2.45, 2.75) is 13.3 Å². The van der Waals surface area contributed by atoms with E-state index >= 15 is 0 Å². The Bertz CT molecular complexity index is 861. The number of aromatic nitrogens is 4. The molecule has 4 rings (SSSR count). The zero-order valence-electron chi connectivity index (χ0n) is 12.1. The summed E-state index contributed by atoms with van der Waals surface area (Å²) in [5.74, 6) is 0.746. The molecule has 22 heavy (non-hydrogen) atoms.